The summed E-state index contributed by atoms with van der Waals surface area (Å²) in [6, 6.07) is 2.54. The lowest BCUT2D eigenvalue weighted by Crippen LogP contribution is -2.26. The average molecular weight is 398 g/mol. The molecule has 0 bridgehead atoms. The SMILES string of the molecule is Cc1ncc(I)c(=O)n1Cc1ccn(C2CCCCC2)n1. The van der Waals surface area contributed by atoms with Crippen molar-refractivity contribution in [2.75, 3.05) is 0 Å². The van der Waals surface area contributed by atoms with Crippen LogP contribution in [0, 0.1) is 10.5 Å². The summed E-state index contributed by atoms with van der Waals surface area (Å²) in [7, 11) is 0. The summed E-state index contributed by atoms with van der Waals surface area (Å²) < 4.78 is 4.41. The van der Waals surface area contributed by atoms with E-state index < -0.39 is 0 Å². The van der Waals surface area contributed by atoms with Crippen molar-refractivity contribution < 1.29 is 0 Å². The first kappa shape index (κ1) is 14.7. The van der Waals surface area contributed by atoms with Crippen LogP contribution >= 0.6 is 22.6 Å². The highest BCUT2D eigenvalue weighted by Crippen LogP contribution is 2.27. The Balaban J connectivity index is 1.81. The fourth-order valence-corrected chi connectivity index (χ4v) is 3.34. The van der Waals surface area contributed by atoms with Gasteiger partial charge in [0.2, 0.25) is 0 Å². The average Bonchev–Trinajstić information content (AvgIpc) is 2.97. The Bertz CT molecular complexity index is 685. The summed E-state index contributed by atoms with van der Waals surface area (Å²) in [6.07, 6.45) is 10.0. The summed E-state index contributed by atoms with van der Waals surface area (Å²) in [6.45, 7) is 2.35. The molecule has 1 aliphatic carbocycles. The van der Waals surface area contributed by atoms with E-state index in [2.05, 4.69) is 14.8 Å². The molecule has 2 aromatic heterocycles. The summed E-state index contributed by atoms with van der Waals surface area (Å²) in [5.74, 6) is 0.729. The molecule has 1 aliphatic rings. The molecular formula is C15H19IN4O. The number of nitrogens with zero attached hydrogens (tertiary/aromatic N) is 4. The number of rotatable bonds is 3. The van der Waals surface area contributed by atoms with Gasteiger partial charge in [-0.05, 0) is 48.4 Å². The Labute approximate surface area is 137 Å². The zero-order valence-corrected chi connectivity index (χ0v) is 14.3. The van der Waals surface area contributed by atoms with Crippen LogP contribution in [0.2, 0.25) is 0 Å². The Kier molecular flexibility index (Phi) is 4.42. The highest BCUT2D eigenvalue weighted by atomic mass is 127. The minimum atomic E-state index is 0.00955. The fraction of sp³-hybridized carbons (Fsp3) is 0.533. The lowest BCUT2D eigenvalue weighted by atomic mass is 9.96. The van der Waals surface area contributed by atoms with Crippen LogP contribution in [0.15, 0.2) is 23.3 Å². The van der Waals surface area contributed by atoms with E-state index in [4.69, 9.17) is 0 Å². The third-order valence-electron chi connectivity index (χ3n) is 4.14. The van der Waals surface area contributed by atoms with Gasteiger partial charge >= 0.3 is 0 Å². The molecule has 0 aromatic carbocycles. The molecule has 21 heavy (non-hydrogen) atoms. The van der Waals surface area contributed by atoms with Crippen LogP contribution in [-0.2, 0) is 6.54 Å². The van der Waals surface area contributed by atoms with Gasteiger partial charge in [-0.1, -0.05) is 19.3 Å². The second-order valence-electron chi connectivity index (χ2n) is 5.62. The van der Waals surface area contributed by atoms with E-state index in [1.165, 1.54) is 32.1 Å². The van der Waals surface area contributed by atoms with E-state index in [0.717, 1.165) is 11.5 Å². The third kappa shape index (κ3) is 3.20. The molecule has 5 nitrogen and oxygen atoms in total. The van der Waals surface area contributed by atoms with Crippen LogP contribution < -0.4 is 5.56 Å². The number of aryl methyl sites for hydroxylation is 1. The maximum atomic E-state index is 12.2. The van der Waals surface area contributed by atoms with Gasteiger partial charge in [0.15, 0.2) is 0 Å². The topological polar surface area (TPSA) is 52.7 Å². The van der Waals surface area contributed by atoms with Crippen LogP contribution in [-0.4, -0.2) is 19.3 Å². The minimum absolute atomic E-state index is 0.00955. The summed E-state index contributed by atoms with van der Waals surface area (Å²) in [4.78, 5) is 16.4. The van der Waals surface area contributed by atoms with Crippen LogP contribution in [0.5, 0.6) is 0 Å². The minimum Gasteiger partial charge on any atom is -0.290 e. The van der Waals surface area contributed by atoms with Crippen molar-refractivity contribution in [2.45, 2.75) is 51.6 Å². The molecule has 0 radical (unpaired) electrons. The molecule has 112 valence electrons. The van der Waals surface area contributed by atoms with Gasteiger partial charge in [0.05, 0.1) is 21.9 Å². The van der Waals surface area contributed by atoms with E-state index in [9.17, 15) is 4.79 Å². The zero-order chi connectivity index (χ0) is 14.8. The molecule has 0 spiro atoms. The van der Waals surface area contributed by atoms with Gasteiger partial charge in [0.25, 0.3) is 5.56 Å². The predicted octanol–water partition coefficient (Wildman–Crippen LogP) is 2.91. The van der Waals surface area contributed by atoms with E-state index in [1.54, 1.807) is 10.8 Å². The number of hydrogen-bond acceptors (Lipinski definition) is 3. The number of halogens is 1. The maximum Gasteiger partial charge on any atom is 0.267 e. The van der Waals surface area contributed by atoms with Crippen molar-refractivity contribution >= 4 is 22.6 Å². The van der Waals surface area contributed by atoms with Crippen LogP contribution in [0.1, 0.15) is 49.7 Å². The Hall–Kier alpha value is -1.18. The van der Waals surface area contributed by atoms with Gasteiger partial charge in [0.1, 0.15) is 5.82 Å². The molecule has 2 aromatic rings. The van der Waals surface area contributed by atoms with Crippen molar-refractivity contribution in [3.63, 3.8) is 0 Å². The zero-order valence-electron chi connectivity index (χ0n) is 12.1. The first-order valence-electron chi connectivity index (χ1n) is 7.41. The first-order chi connectivity index (χ1) is 10.1. The van der Waals surface area contributed by atoms with E-state index >= 15 is 0 Å². The third-order valence-corrected chi connectivity index (χ3v) is 4.88. The molecule has 0 N–H and O–H groups in total. The van der Waals surface area contributed by atoms with Crippen molar-refractivity contribution in [3.8, 4) is 0 Å². The van der Waals surface area contributed by atoms with Gasteiger partial charge in [0, 0.05) is 12.4 Å². The van der Waals surface area contributed by atoms with Gasteiger partial charge in [-0.25, -0.2) is 4.98 Å². The highest BCUT2D eigenvalue weighted by Gasteiger charge is 2.16. The van der Waals surface area contributed by atoms with Crippen molar-refractivity contribution in [3.05, 3.63) is 43.9 Å². The Morgan fingerprint density at radius 3 is 2.86 bits per heavy atom. The van der Waals surface area contributed by atoms with Gasteiger partial charge < -0.3 is 0 Å². The van der Waals surface area contributed by atoms with E-state index in [0.29, 0.717) is 16.2 Å². The molecule has 0 unspecified atom stereocenters. The second-order valence-corrected chi connectivity index (χ2v) is 6.79. The molecule has 0 saturated heterocycles. The molecule has 0 aliphatic heterocycles. The number of hydrogen-bond donors (Lipinski definition) is 0. The van der Waals surface area contributed by atoms with Crippen LogP contribution in [0.25, 0.3) is 0 Å². The van der Waals surface area contributed by atoms with Gasteiger partial charge in [-0.2, -0.15) is 5.10 Å². The lowest BCUT2D eigenvalue weighted by Gasteiger charge is -2.21. The quantitative estimate of drug-likeness (QED) is 0.748. The Morgan fingerprint density at radius 2 is 2.10 bits per heavy atom. The van der Waals surface area contributed by atoms with E-state index in [1.807, 2.05) is 41.8 Å². The highest BCUT2D eigenvalue weighted by molar-refractivity contribution is 14.1. The Morgan fingerprint density at radius 1 is 1.33 bits per heavy atom. The van der Waals surface area contributed by atoms with Gasteiger partial charge in [-0.15, -0.1) is 0 Å². The van der Waals surface area contributed by atoms with Crippen molar-refractivity contribution in [2.24, 2.45) is 0 Å². The predicted molar refractivity (Wildman–Crippen MR) is 89.4 cm³/mol. The summed E-state index contributed by atoms with van der Waals surface area (Å²) in [5.41, 5.74) is 0.935. The fourth-order valence-electron chi connectivity index (χ4n) is 2.91. The molecule has 2 heterocycles. The summed E-state index contributed by atoms with van der Waals surface area (Å²) in [5, 5.41) is 4.67. The summed E-state index contributed by atoms with van der Waals surface area (Å²) >= 11 is 2.03. The smallest absolute Gasteiger partial charge is 0.267 e. The molecule has 3 rings (SSSR count). The largest absolute Gasteiger partial charge is 0.290 e. The lowest BCUT2D eigenvalue weighted by molar-refractivity contribution is 0.327. The van der Waals surface area contributed by atoms with Gasteiger partial charge in [-0.3, -0.25) is 14.0 Å². The molecule has 0 amide bonds. The van der Waals surface area contributed by atoms with Crippen LogP contribution in [0.3, 0.4) is 0 Å². The van der Waals surface area contributed by atoms with Crippen molar-refractivity contribution in [1.29, 1.82) is 0 Å². The van der Waals surface area contributed by atoms with Crippen LogP contribution in [0.4, 0.5) is 0 Å². The van der Waals surface area contributed by atoms with E-state index in [-0.39, 0.29) is 5.56 Å². The maximum absolute atomic E-state index is 12.2. The monoisotopic (exact) mass is 398 g/mol. The molecular weight excluding hydrogens is 379 g/mol. The van der Waals surface area contributed by atoms with Crippen molar-refractivity contribution in [1.82, 2.24) is 19.3 Å². The normalized spacial score (nSPS) is 16.3. The standard InChI is InChI=1S/C15H19IN4O/c1-11-17-9-14(16)15(21)19(11)10-12-7-8-20(18-12)13-5-3-2-4-6-13/h7-9,13H,2-6,10H2,1H3. The molecule has 1 saturated carbocycles. The first-order valence-corrected chi connectivity index (χ1v) is 8.49. The molecule has 1 fully saturated rings. The number of aromatic nitrogens is 4. The second kappa shape index (κ2) is 6.29. The molecule has 0 atom stereocenters. The molecule has 6 heteroatoms.